The van der Waals surface area contributed by atoms with Crippen molar-refractivity contribution in [2.75, 3.05) is 23.8 Å². The van der Waals surface area contributed by atoms with Gasteiger partial charge in [0.1, 0.15) is 13.2 Å². The molecule has 7 nitrogen and oxygen atoms in total. The molecule has 2 N–H and O–H groups in total. The summed E-state index contributed by atoms with van der Waals surface area (Å²) in [6, 6.07) is 11.8. The molecule has 1 saturated carbocycles. The Morgan fingerprint density at radius 1 is 0.938 bits per heavy atom. The predicted molar refractivity (Wildman–Crippen MR) is 116 cm³/mol. The van der Waals surface area contributed by atoms with Crippen LogP contribution in [0.25, 0.3) is 0 Å². The van der Waals surface area contributed by atoms with Gasteiger partial charge in [0.25, 0.3) is 0 Å². The maximum absolute atomic E-state index is 12.1. The summed E-state index contributed by atoms with van der Waals surface area (Å²) in [4.78, 5) is 35.2. The Labute approximate surface area is 214 Å². The van der Waals surface area contributed by atoms with Crippen LogP contribution in [0.5, 0.6) is 0 Å². The number of carboxylic acid groups (broad SMARTS) is 1. The molecule has 0 aromatic heterocycles. The second-order valence-electron chi connectivity index (χ2n) is 7.52. The van der Waals surface area contributed by atoms with Gasteiger partial charge in [0, 0.05) is 22.0 Å². The number of carbonyl (C=O) groups excluding carboxylic acids is 3. The minimum absolute atomic E-state index is 0. The number of hydrogen-bond donors (Lipinski definition) is 2. The van der Waals surface area contributed by atoms with Crippen molar-refractivity contribution in [3.05, 3.63) is 58.6 Å². The Kier molecular flexibility index (Phi) is 10.7. The molecule has 0 saturated heterocycles. The average Bonchev–Trinajstić information content (AvgIpc) is 2.76. The molecule has 0 unspecified atom stereocenters. The van der Waals surface area contributed by atoms with Crippen molar-refractivity contribution in [2.24, 2.45) is 0 Å². The number of aromatic carboxylic acids is 1. The van der Waals surface area contributed by atoms with Crippen LogP contribution in [0.15, 0.2) is 42.5 Å². The van der Waals surface area contributed by atoms with Crippen LogP contribution in [0.2, 0.25) is 5.02 Å². The summed E-state index contributed by atoms with van der Waals surface area (Å²) in [5.41, 5.74) is 1.76. The molecule has 0 bridgehead atoms. The smallest absolute Gasteiger partial charge is 0.545 e. The Morgan fingerprint density at radius 3 is 2.19 bits per heavy atom. The van der Waals surface area contributed by atoms with Gasteiger partial charge in [-0.1, -0.05) is 43.0 Å². The van der Waals surface area contributed by atoms with E-state index in [4.69, 9.17) is 16.3 Å². The van der Waals surface area contributed by atoms with E-state index in [1.807, 2.05) is 24.3 Å². The molecule has 0 aliphatic heterocycles. The molecular formula is C23H24ClN2NaO5. The molecule has 0 atom stereocenters. The topological polar surface area (TPSA) is 108 Å². The van der Waals surface area contributed by atoms with Crippen molar-refractivity contribution in [3.8, 4) is 0 Å². The number of anilines is 2. The van der Waals surface area contributed by atoms with E-state index in [1.54, 1.807) is 0 Å². The second kappa shape index (κ2) is 13.0. The number of halogens is 1. The number of carboxylic acids is 1. The van der Waals surface area contributed by atoms with Crippen molar-refractivity contribution in [2.45, 2.75) is 38.0 Å². The van der Waals surface area contributed by atoms with Crippen molar-refractivity contribution in [1.82, 2.24) is 0 Å². The van der Waals surface area contributed by atoms with Gasteiger partial charge in [-0.2, -0.15) is 0 Å². The van der Waals surface area contributed by atoms with E-state index >= 15 is 0 Å². The monoisotopic (exact) mass is 466 g/mol. The fraction of sp³-hybridized carbons (Fsp3) is 0.348. The minimum atomic E-state index is -1.47. The first-order chi connectivity index (χ1) is 14.9. The Balaban J connectivity index is 0.00000363. The zero-order chi connectivity index (χ0) is 22.2. The standard InChI is InChI=1S/C23H25ClN2O5.Na/c24-17-8-11-20(19(12-17)23(29)30)26-22(28)14-31-13-21(27)25-18-9-6-16(7-10-18)15-4-2-1-3-5-15;/h6-12,15H,1-5,13-14H2,(H,25,27)(H,26,28)(H,29,30);/q;+1/p-1. The van der Waals surface area contributed by atoms with Crippen LogP contribution in [0, 0.1) is 0 Å². The van der Waals surface area contributed by atoms with Crippen molar-refractivity contribution < 1.29 is 53.8 Å². The van der Waals surface area contributed by atoms with Crippen LogP contribution in [-0.4, -0.2) is 31.0 Å². The Morgan fingerprint density at radius 2 is 1.56 bits per heavy atom. The SMILES string of the molecule is O=C(COCC(=O)Nc1ccc(Cl)cc1C(=O)[O-])Nc1ccc(C2CCCCC2)cc1.[Na+]. The van der Waals surface area contributed by atoms with E-state index in [1.165, 1.54) is 55.9 Å². The van der Waals surface area contributed by atoms with E-state index in [9.17, 15) is 19.5 Å². The van der Waals surface area contributed by atoms with E-state index in [0.717, 1.165) is 0 Å². The summed E-state index contributed by atoms with van der Waals surface area (Å²) in [5.74, 6) is -1.86. The predicted octanol–water partition coefficient (Wildman–Crippen LogP) is 0.349. The van der Waals surface area contributed by atoms with Crippen molar-refractivity contribution in [3.63, 3.8) is 0 Å². The summed E-state index contributed by atoms with van der Waals surface area (Å²) >= 11 is 5.76. The molecular weight excluding hydrogens is 443 g/mol. The summed E-state index contributed by atoms with van der Waals surface area (Å²) in [6.07, 6.45) is 6.26. The fourth-order valence-electron chi connectivity index (χ4n) is 3.69. The third-order valence-corrected chi connectivity index (χ3v) is 5.45. The maximum atomic E-state index is 12.1. The van der Waals surface area contributed by atoms with Gasteiger partial charge in [-0.25, -0.2) is 0 Å². The van der Waals surface area contributed by atoms with Crippen LogP contribution < -0.4 is 45.3 Å². The van der Waals surface area contributed by atoms with Crippen LogP contribution in [-0.2, 0) is 14.3 Å². The van der Waals surface area contributed by atoms with Crippen molar-refractivity contribution in [1.29, 1.82) is 0 Å². The first kappa shape index (κ1) is 26.4. The molecule has 164 valence electrons. The average molecular weight is 467 g/mol. The molecule has 0 spiro atoms. The third-order valence-electron chi connectivity index (χ3n) is 5.21. The van der Waals surface area contributed by atoms with E-state index in [-0.39, 0.29) is 58.3 Å². The first-order valence-corrected chi connectivity index (χ1v) is 10.6. The number of carbonyl (C=O) groups is 3. The zero-order valence-corrected chi connectivity index (χ0v) is 20.7. The molecule has 0 radical (unpaired) electrons. The van der Waals surface area contributed by atoms with Crippen LogP contribution >= 0.6 is 11.6 Å². The van der Waals surface area contributed by atoms with Gasteiger partial charge in [-0.05, 0) is 54.7 Å². The Hall–Kier alpha value is -1.90. The largest absolute Gasteiger partial charge is 1.00 e. The minimum Gasteiger partial charge on any atom is -0.545 e. The summed E-state index contributed by atoms with van der Waals surface area (Å²) in [6.45, 7) is -0.727. The van der Waals surface area contributed by atoms with Crippen molar-refractivity contribution >= 4 is 40.8 Å². The van der Waals surface area contributed by atoms with E-state index < -0.39 is 18.5 Å². The quantitative estimate of drug-likeness (QED) is 0.546. The van der Waals surface area contributed by atoms with Gasteiger partial charge in [0.2, 0.25) is 11.8 Å². The summed E-state index contributed by atoms with van der Waals surface area (Å²) in [7, 11) is 0. The molecule has 9 heteroatoms. The number of benzene rings is 2. The second-order valence-corrected chi connectivity index (χ2v) is 7.96. The van der Waals surface area contributed by atoms with E-state index in [2.05, 4.69) is 10.6 Å². The number of rotatable bonds is 8. The molecule has 2 aromatic rings. The fourth-order valence-corrected chi connectivity index (χ4v) is 3.86. The first-order valence-electron chi connectivity index (χ1n) is 10.2. The van der Waals surface area contributed by atoms with Gasteiger partial charge in [0.15, 0.2) is 0 Å². The van der Waals surface area contributed by atoms with Gasteiger partial charge in [0.05, 0.1) is 5.97 Å². The molecule has 1 fully saturated rings. The number of hydrogen-bond acceptors (Lipinski definition) is 5. The van der Waals surface area contributed by atoms with Crippen LogP contribution in [0.4, 0.5) is 11.4 Å². The van der Waals surface area contributed by atoms with E-state index in [0.29, 0.717) is 11.6 Å². The number of ether oxygens (including phenoxy) is 1. The molecule has 0 heterocycles. The van der Waals surface area contributed by atoms with Gasteiger partial charge < -0.3 is 25.3 Å². The third kappa shape index (κ3) is 7.90. The summed E-state index contributed by atoms with van der Waals surface area (Å²) < 4.78 is 5.13. The van der Waals surface area contributed by atoms with Gasteiger partial charge in [-0.3, -0.25) is 9.59 Å². The molecule has 1 aliphatic rings. The van der Waals surface area contributed by atoms with Crippen LogP contribution in [0.3, 0.4) is 0 Å². The zero-order valence-electron chi connectivity index (χ0n) is 18.0. The number of nitrogens with one attached hydrogen (secondary N) is 2. The molecule has 3 rings (SSSR count). The van der Waals surface area contributed by atoms with Gasteiger partial charge >= 0.3 is 29.6 Å². The molecule has 2 amide bonds. The maximum Gasteiger partial charge on any atom is 1.00 e. The molecule has 1 aliphatic carbocycles. The van der Waals surface area contributed by atoms with Crippen LogP contribution in [0.1, 0.15) is 53.9 Å². The molecule has 2 aromatic carbocycles. The Bertz CT molecular complexity index is 946. The van der Waals surface area contributed by atoms with Gasteiger partial charge in [-0.15, -0.1) is 0 Å². The molecule has 32 heavy (non-hydrogen) atoms. The normalized spacial score (nSPS) is 13.7. The number of amides is 2. The summed E-state index contributed by atoms with van der Waals surface area (Å²) in [5, 5.41) is 16.5.